The van der Waals surface area contributed by atoms with Crippen LogP contribution in [-0.4, -0.2) is 47.8 Å². The molecule has 8 nitrogen and oxygen atoms in total. The number of anilines is 2. The van der Waals surface area contributed by atoms with Gasteiger partial charge >= 0.3 is 0 Å². The van der Waals surface area contributed by atoms with Crippen molar-refractivity contribution in [3.63, 3.8) is 0 Å². The SMILES string of the molecule is O=C(Nc1ccccc1NC(=O)c1cccs1)c1ccc2c(c1)C(=O)N(CC1CCCO1)C2=O. The van der Waals surface area contributed by atoms with Gasteiger partial charge in [-0.1, -0.05) is 18.2 Å². The van der Waals surface area contributed by atoms with Gasteiger partial charge in [-0.2, -0.15) is 0 Å². The van der Waals surface area contributed by atoms with Crippen molar-refractivity contribution in [2.75, 3.05) is 23.8 Å². The number of benzene rings is 2. The molecule has 9 heteroatoms. The van der Waals surface area contributed by atoms with E-state index >= 15 is 0 Å². The number of ether oxygens (including phenoxy) is 1. The number of carbonyl (C=O) groups is 4. The highest BCUT2D eigenvalue weighted by Gasteiger charge is 2.38. The van der Waals surface area contributed by atoms with Gasteiger partial charge in [0, 0.05) is 12.2 Å². The minimum absolute atomic E-state index is 0.147. The standard InChI is InChI=1S/C25H21N3O5S/c29-22(26-19-6-1-2-7-20(19)27-23(30)21-8-4-12-34-21)15-9-10-17-18(13-15)25(32)28(24(17)31)14-16-5-3-11-33-16/h1-2,4,6-10,12-13,16H,3,5,11,14H2,(H,26,29)(H,27,30). The molecule has 0 saturated carbocycles. The van der Waals surface area contributed by atoms with Gasteiger partial charge in [0.1, 0.15) is 0 Å². The van der Waals surface area contributed by atoms with Crippen molar-refractivity contribution in [1.29, 1.82) is 0 Å². The second-order valence-electron chi connectivity index (χ2n) is 8.05. The average molecular weight is 476 g/mol. The summed E-state index contributed by atoms with van der Waals surface area (Å²) in [6.07, 6.45) is 1.57. The van der Waals surface area contributed by atoms with Gasteiger partial charge in [0.2, 0.25) is 0 Å². The Morgan fingerprint density at radius 3 is 2.35 bits per heavy atom. The highest BCUT2D eigenvalue weighted by Crippen LogP contribution is 2.27. The lowest BCUT2D eigenvalue weighted by molar-refractivity contribution is 0.0475. The van der Waals surface area contributed by atoms with E-state index < -0.39 is 11.8 Å². The Morgan fingerprint density at radius 2 is 1.68 bits per heavy atom. The molecule has 1 atom stereocenters. The van der Waals surface area contributed by atoms with Crippen LogP contribution in [0.2, 0.25) is 0 Å². The van der Waals surface area contributed by atoms with Crippen LogP contribution in [0.1, 0.15) is 53.6 Å². The van der Waals surface area contributed by atoms with E-state index in [0.717, 1.165) is 12.8 Å². The summed E-state index contributed by atoms with van der Waals surface area (Å²) < 4.78 is 5.56. The zero-order chi connectivity index (χ0) is 23.7. The summed E-state index contributed by atoms with van der Waals surface area (Å²) >= 11 is 1.32. The molecule has 4 amide bonds. The maximum absolute atomic E-state index is 13.0. The van der Waals surface area contributed by atoms with Gasteiger partial charge in [0.15, 0.2) is 0 Å². The predicted molar refractivity (Wildman–Crippen MR) is 127 cm³/mol. The molecular weight excluding hydrogens is 454 g/mol. The largest absolute Gasteiger partial charge is 0.376 e. The van der Waals surface area contributed by atoms with Gasteiger partial charge in [0.05, 0.1) is 40.0 Å². The molecular formula is C25H21N3O5S. The number of fused-ring (bicyclic) bond motifs is 1. The third-order valence-electron chi connectivity index (χ3n) is 5.81. The number of amides is 4. The third kappa shape index (κ3) is 4.23. The Labute approximate surface area is 199 Å². The predicted octanol–water partition coefficient (Wildman–Crippen LogP) is 4.03. The summed E-state index contributed by atoms with van der Waals surface area (Å²) in [6, 6.07) is 14.8. The van der Waals surface area contributed by atoms with Gasteiger partial charge in [-0.25, -0.2) is 0 Å². The summed E-state index contributed by atoms with van der Waals surface area (Å²) in [6.45, 7) is 0.846. The van der Waals surface area contributed by atoms with Gasteiger partial charge in [-0.3, -0.25) is 24.1 Å². The number of hydrogen-bond acceptors (Lipinski definition) is 6. The Kier molecular flexibility index (Phi) is 5.95. The lowest BCUT2D eigenvalue weighted by atomic mass is 10.1. The maximum Gasteiger partial charge on any atom is 0.265 e. The topological polar surface area (TPSA) is 105 Å². The van der Waals surface area contributed by atoms with E-state index in [-0.39, 0.29) is 41.2 Å². The highest BCUT2D eigenvalue weighted by molar-refractivity contribution is 7.12. The van der Waals surface area contributed by atoms with Crippen LogP contribution >= 0.6 is 11.3 Å². The summed E-state index contributed by atoms with van der Waals surface area (Å²) in [7, 11) is 0. The number of para-hydroxylation sites is 2. The number of imide groups is 1. The first-order valence-corrected chi connectivity index (χ1v) is 11.8. The van der Waals surface area contributed by atoms with Crippen LogP contribution in [-0.2, 0) is 4.74 Å². The van der Waals surface area contributed by atoms with Crippen molar-refractivity contribution in [1.82, 2.24) is 4.90 Å². The summed E-state index contributed by atoms with van der Waals surface area (Å²) in [4.78, 5) is 52.8. The molecule has 0 spiro atoms. The van der Waals surface area contributed by atoms with Gasteiger partial charge in [-0.15, -0.1) is 11.3 Å². The lowest BCUT2D eigenvalue weighted by Gasteiger charge is -2.17. The van der Waals surface area contributed by atoms with Gasteiger partial charge in [0.25, 0.3) is 23.6 Å². The molecule has 0 aliphatic carbocycles. The van der Waals surface area contributed by atoms with Crippen LogP contribution in [0.5, 0.6) is 0 Å². The molecule has 34 heavy (non-hydrogen) atoms. The fourth-order valence-corrected chi connectivity index (χ4v) is 4.70. The molecule has 2 aliphatic rings. The molecule has 2 N–H and O–H groups in total. The minimum Gasteiger partial charge on any atom is -0.376 e. The zero-order valence-electron chi connectivity index (χ0n) is 18.1. The molecule has 0 bridgehead atoms. The number of thiophene rings is 1. The normalized spacial score (nSPS) is 17.1. The minimum atomic E-state index is -0.460. The molecule has 3 aromatic rings. The zero-order valence-corrected chi connectivity index (χ0v) is 18.9. The number of carbonyl (C=O) groups excluding carboxylic acids is 4. The number of hydrogen-bond donors (Lipinski definition) is 2. The molecule has 2 aliphatic heterocycles. The Bertz CT molecular complexity index is 1280. The molecule has 0 radical (unpaired) electrons. The van der Waals surface area contributed by atoms with E-state index in [1.165, 1.54) is 34.4 Å². The second kappa shape index (κ2) is 9.20. The quantitative estimate of drug-likeness (QED) is 0.524. The number of rotatable bonds is 6. The number of nitrogens with one attached hydrogen (secondary N) is 2. The molecule has 3 heterocycles. The fourth-order valence-electron chi connectivity index (χ4n) is 4.08. The Balaban J connectivity index is 1.33. The first-order chi connectivity index (χ1) is 16.5. The van der Waals surface area contributed by atoms with Crippen molar-refractivity contribution in [2.24, 2.45) is 0 Å². The van der Waals surface area contributed by atoms with Crippen molar-refractivity contribution < 1.29 is 23.9 Å². The first kappa shape index (κ1) is 22.0. The van der Waals surface area contributed by atoms with E-state index in [1.807, 2.05) is 5.38 Å². The molecule has 1 aromatic heterocycles. The van der Waals surface area contributed by atoms with Crippen molar-refractivity contribution in [3.8, 4) is 0 Å². The van der Waals surface area contributed by atoms with E-state index in [1.54, 1.807) is 36.4 Å². The molecule has 172 valence electrons. The Hall–Kier alpha value is -3.82. The summed E-state index contributed by atoms with van der Waals surface area (Å²) in [5.41, 5.74) is 1.58. The van der Waals surface area contributed by atoms with E-state index in [4.69, 9.17) is 4.74 Å². The van der Waals surface area contributed by atoms with Crippen LogP contribution in [0.4, 0.5) is 11.4 Å². The second-order valence-corrected chi connectivity index (χ2v) is 9.00. The van der Waals surface area contributed by atoms with E-state index in [0.29, 0.717) is 22.9 Å². The number of nitrogens with zero attached hydrogens (tertiary/aromatic N) is 1. The smallest absolute Gasteiger partial charge is 0.265 e. The maximum atomic E-state index is 13.0. The summed E-state index contributed by atoms with van der Waals surface area (Å²) in [5, 5.41) is 7.40. The van der Waals surface area contributed by atoms with Crippen LogP contribution < -0.4 is 10.6 Å². The molecule has 1 saturated heterocycles. The van der Waals surface area contributed by atoms with Crippen molar-refractivity contribution >= 4 is 46.3 Å². The Morgan fingerprint density at radius 1 is 0.941 bits per heavy atom. The molecule has 5 rings (SSSR count). The monoisotopic (exact) mass is 475 g/mol. The van der Waals surface area contributed by atoms with Gasteiger partial charge in [-0.05, 0) is 54.6 Å². The molecule has 2 aromatic carbocycles. The molecule has 1 unspecified atom stereocenters. The fraction of sp³-hybridized carbons (Fsp3) is 0.200. The van der Waals surface area contributed by atoms with Crippen LogP contribution in [0.15, 0.2) is 60.0 Å². The van der Waals surface area contributed by atoms with Gasteiger partial charge < -0.3 is 15.4 Å². The molecule has 1 fully saturated rings. The highest BCUT2D eigenvalue weighted by atomic mass is 32.1. The van der Waals surface area contributed by atoms with Crippen LogP contribution in [0.25, 0.3) is 0 Å². The van der Waals surface area contributed by atoms with Crippen LogP contribution in [0.3, 0.4) is 0 Å². The van der Waals surface area contributed by atoms with E-state index in [9.17, 15) is 19.2 Å². The first-order valence-electron chi connectivity index (χ1n) is 10.9. The van der Waals surface area contributed by atoms with Crippen LogP contribution in [0, 0.1) is 0 Å². The van der Waals surface area contributed by atoms with Crippen molar-refractivity contribution in [3.05, 3.63) is 81.5 Å². The summed E-state index contributed by atoms with van der Waals surface area (Å²) in [5.74, 6) is -1.53. The van der Waals surface area contributed by atoms with Crippen molar-refractivity contribution in [2.45, 2.75) is 18.9 Å². The van der Waals surface area contributed by atoms with E-state index in [2.05, 4.69) is 10.6 Å². The average Bonchev–Trinajstić information content (AvgIpc) is 3.60. The lowest BCUT2D eigenvalue weighted by Crippen LogP contribution is -2.36. The third-order valence-corrected chi connectivity index (χ3v) is 6.68.